The predicted molar refractivity (Wildman–Crippen MR) is 55.6 cm³/mol. The van der Waals surface area contributed by atoms with E-state index >= 15 is 0 Å². The SMILES string of the molecule is COCC(=O)N1CCOC2CCCCC21. The summed E-state index contributed by atoms with van der Waals surface area (Å²) in [7, 11) is 1.57. The molecule has 2 fully saturated rings. The van der Waals surface area contributed by atoms with E-state index in [0.717, 1.165) is 19.4 Å². The summed E-state index contributed by atoms with van der Waals surface area (Å²) < 4.78 is 10.6. The van der Waals surface area contributed by atoms with Gasteiger partial charge < -0.3 is 14.4 Å². The third kappa shape index (κ3) is 2.32. The topological polar surface area (TPSA) is 38.8 Å². The predicted octanol–water partition coefficient (Wildman–Crippen LogP) is 0.803. The molecule has 15 heavy (non-hydrogen) atoms. The molecule has 0 radical (unpaired) electrons. The van der Waals surface area contributed by atoms with E-state index in [1.807, 2.05) is 4.90 Å². The molecule has 4 nitrogen and oxygen atoms in total. The van der Waals surface area contributed by atoms with Crippen LogP contribution in [0.1, 0.15) is 25.7 Å². The Morgan fingerprint density at radius 1 is 1.47 bits per heavy atom. The summed E-state index contributed by atoms with van der Waals surface area (Å²) in [4.78, 5) is 13.8. The molecule has 1 amide bonds. The molecule has 1 saturated carbocycles. The minimum Gasteiger partial charge on any atom is -0.375 e. The van der Waals surface area contributed by atoms with Gasteiger partial charge in [-0.05, 0) is 12.8 Å². The number of ether oxygens (including phenoxy) is 2. The van der Waals surface area contributed by atoms with Crippen molar-refractivity contribution in [3.05, 3.63) is 0 Å². The maximum Gasteiger partial charge on any atom is 0.248 e. The van der Waals surface area contributed by atoms with Crippen LogP contribution in [0.4, 0.5) is 0 Å². The first-order valence-electron chi connectivity index (χ1n) is 5.73. The van der Waals surface area contributed by atoms with Crippen molar-refractivity contribution >= 4 is 5.91 Å². The fourth-order valence-electron chi connectivity index (χ4n) is 2.61. The molecule has 0 aromatic carbocycles. The Balaban J connectivity index is 2.00. The fourth-order valence-corrected chi connectivity index (χ4v) is 2.61. The Labute approximate surface area is 90.5 Å². The second-order valence-corrected chi connectivity index (χ2v) is 4.28. The molecule has 2 atom stereocenters. The van der Waals surface area contributed by atoms with Crippen LogP contribution in [0.15, 0.2) is 0 Å². The Bertz CT molecular complexity index is 230. The van der Waals surface area contributed by atoms with Crippen molar-refractivity contribution in [2.24, 2.45) is 0 Å². The Morgan fingerprint density at radius 2 is 2.27 bits per heavy atom. The van der Waals surface area contributed by atoms with Gasteiger partial charge in [0.1, 0.15) is 6.61 Å². The lowest BCUT2D eigenvalue weighted by molar-refractivity contribution is -0.153. The van der Waals surface area contributed by atoms with Gasteiger partial charge in [0.15, 0.2) is 0 Å². The Kier molecular flexibility index (Phi) is 3.59. The first-order valence-corrected chi connectivity index (χ1v) is 5.73. The molecule has 0 aromatic heterocycles. The monoisotopic (exact) mass is 213 g/mol. The molecular formula is C11H19NO3. The van der Waals surface area contributed by atoms with Gasteiger partial charge in [0, 0.05) is 13.7 Å². The molecule has 1 aliphatic heterocycles. The van der Waals surface area contributed by atoms with Gasteiger partial charge in [-0.2, -0.15) is 0 Å². The highest BCUT2D eigenvalue weighted by atomic mass is 16.5. The number of nitrogens with zero attached hydrogens (tertiary/aromatic N) is 1. The number of hydrogen-bond donors (Lipinski definition) is 0. The van der Waals surface area contributed by atoms with E-state index in [1.165, 1.54) is 12.8 Å². The molecule has 4 heteroatoms. The lowest BCUT2D eigenvalue weighted by Crippen LogP contribution is -2.55. The Hall–Kier alpha value is -0.610. The standard InChI is InChI=1S/C11H19NO3/c1-14-8-11(13)12-6-7-15-10-5-3-2-4-9(10)12/h9-10H,2-8H2,1H3. The van der Waals surface area contributed by atoms with Gasteiger partial charge in [-0.1, -0.05) is 12.8 Å². The maximum absolute atomic E-state index is 11.8. The number of morpholine rings is 1. The largest absolute Gasteiger partial charge is 0.375 e. The number of amides is 1. The number of hydrogen-bond acceptors (Lipinski definition) is 3. The van der Waals surface area contributed by atoms with Crippen molar-refractivity contribution in [2.75, 3.05) is 26.9 Å². The van der Waals surface area contributed by atoms with E-state index in [9.17, 15) is 4.79 Å². The quantitative estimate of drug-likeness (QED) is 0.681. The minimum atomic E-state index is 0.109. The van der Waals surface area contributed by atoms with Crippen LogP contribution in [0, 0.1) is 0 Å². The lowest BCUT2D eigenvalue weighted by Gasteiger charge is -2.43. The van der Waals surface area contributed by atoms with Gasteiger partial charge in [-0.15, -0.1) is 0 Å². The zero-order valence-electron chi connectivity index (χ0n) is 9.28. The first-order chi connectivity index (χ1) is 7.33. The van der Waals surface area contributed by atoms with E-state index in [0.29, 0.717) is 12.6 Å². The van der Waals surface area contributed by atoms with Crippen molar-refractivity contribution in [3.63, 3.8) is 0 Å². The molecule has 2 aliphatic rings. The van der Waals surface area contributed by atoms with Crippen LogP contribution in [0.5, 0.6) is 0 Å². The number of carbonyl (C=O) groups is 1. The zero-order valence-corrected chi connectivity index (χ0v) is 9.28. The van der Waals surface area contributed by atoms with Crippen molar-refractivity contribution in [3.8, 4) is 0 Å². The van der Waals surface area contributed by atoms with E-state index in [1.54, 1.807) is 7.11 Å². The summed E-state index contributed by atoms with van der Waals surface area (Å²) in [6, 6.07) is 0.301. The van der Waals surface area contributed by atoms with Crippen LogP contribution in [0.3, 0.4) is 0 Å². The van der Waals surface area contributed by atoms with Crippen LogP contribution in [0.25, 0.3) is 0 Å². The maximum atomic E-state index is 11.8. The van der Waals surface area contributed by atoms with Gasteiger partial charge in [0.2, 0.25) is 5.91 Å². The molecule has 1 aliphatic carbocycles. The molecule has 0 spiro atoms. The van der Waals surface area contributed by atoms with Crippen LogP contribution >= 0.6 is 0 Å². The van der Waals surface area contributed by atoms with Crippen molar-refractivity contribution in [2.45, 2.75) is 37.8 Å². The molecule has 2 unspecified atom stereocenters. The van der Waals surface area contributed by atoms with Crippen molar-refractivity contribution in [1.29, 1.82) is 0 Å². The molecule has 0 aromatic rings. The second-order valence-electron chi connectivity index (χ2n) is 4.28. The first kappa shape index (κ1) is 10.9. The lowest BCUT2D eigenvalue weighted by atomic mass is 9.90. The fraction of sp³-hybridized carbons (Fsp3) is 0.909. The number of rotatable bonds is 2. The van der Waals surface area contributed by atoms with E-state index < -0.39 is 0 Å². The van der Waals surface area contributed by atoms with Gasteiger partial charge in [0.25, 0.3) is 0 Å². The highest BCUT2D eigenvalue weighted by molar-refractivity contribution is 5.78. The summed E-state index contributed by atoms with van der Waals surface area (Å²) in [5, 5.41) is 0. The summed E-state index contributed by atoms with van der Waals surface area (Å²) in [5.74, 6) is 0.109. The molecular weight excluding hydrogens is 194 g/mol. The average Bonchev–Trinajstić information content (AvgIpc) is 2.28. The van der Waals surface area contributed by atoms with Crippen molar-refractivity contribution in [1.82, 2.24) is 4.90 Å². The molecule has 2 rings (SSSR count). The van der Waals surface area contributed by atoms with E-state index in [2.05, 4.69) is 0 Å². The molecule has 0 bridgehead atoms. The molecule has 1 heterocycles. The summed E-state index contributed by atoms with van der Waals surface area (Å²) in [6.45, 7) is 1.60. The van der Waals surface area contributed by atoms with Crippen LogP contribution in [-0.2, 0) is 14.3 Å². The summed E-state index contributed by atoms with van der Waals surface area (Å²) in [6.07, 6.45) is 4.89. The second kappa shape index (κ2) is 4.94. The van der Waals surface area contributed by atoms with Crippen LogP contribution in [0.2, 0.25) is 0 Å². The van der Waals surface area contributed by atoms with Crippen LogP contribution < -0.4 is 0 Å². The van der Waals surface area contributed by atoms with E-state index in [4.69, 9.17) is 9.47 Å². The number of methoxy groups -OCH3 is 1. The third-order valence-corrected chi connectivity index (χ3v) is 3.32. The van der Waals surface area contributed by atoms with Gasteiger partial charge >= 0.3 is 0 Å². The Morgan fingerprint density at radius 3 is 3.07 bits per heavy atom. The molecule has 1 saturated heterocycles. The minimum absolute atomic E-state index is 0.109. The van der Waals surface area contributed by atoms with Gasteiger partial charge in [-0.25, -0.2) is 0 Å². The summed E-state index contributed by atoms with van der Waals surface area (Å²) >= 11 is 0. The smallest absolute Gasteiger partial charge is 0.248 e. The summed E-state index contributed by atoms with van der Waals surface area (Å²) in [5.41, 5.74) is 0. The third-order valence-electron chi connectivity index (χ3n) is 3.32. The molecule has 86 valence electrons. The zero-order chi connectivity index (χ0) is 10.7. The highest BCUT2D eigenvalue weighted by Gasteiger charge is 2.36. The highest BCUT2D eigenvalue weighted by Crippen LogP contribution is 2.28. The molecule has 0 N–H and O–H groups in total. The average molecular weight is 213 g/mol. The normalized spacial score (nSPS) is 31.1. The van der Waals surface area contributed by atoms with Crippen molar-refractivity contribution < 1.29 is 14.3 Å². The van der Waals surface area contributed by atoms with E-state index in [-0.39, 0.29) is 18.6 Å². The van der Waals surface area contributed by atoms with Crippen LogP contribution in [-0.4, -0.2) is 49.8 Å². The number of carbonyl (C=O) groups excluding carboxylic acids is 1. The number of fused-ring (bicyclic) bond motifs is 1. The van der Waals surface area contributed by atoms with Gasteiger partial charge in [-0.3, -0.25) is 4.79 Å². The van der Waals surface area contributed by atoms with Gasteiger partial charge in [0.05, 0.1) is 18.8 Å².